The van der Waals surface area contributed by atoms with E-state index in [2.05, 4.69) is 25.8 Å². The Balaban J connectivity index is 1.45. The molecule has 0 saturated carbocycles. The number of nitrogens with zero attached hydrogens (tertiary/aromatic N) is 5. The topological polar surface area (TPSA) is 97.3 Å². The van der Waals surface area contributed by atoms with Gasteiger partial charge in [-0.3, -0.25) is 14.5 Å². The van der Waals surface area contributed by atoms with Gasteiger partial charge in [0.2, 0.25) is 0 Å². The highest BCUT2D eigenvalue weighted by Crippen LogP contribution is 2.27. The average molecular weight is 476 g/mol. The van der Waals surface area contributed by atoms with E-state index in [1.54, 1.807) is 19.1 Å². The van der Waals surface area contributed by atoms with Gasteiger partial charge in [-0.25, -0.2) is 4.39 Å². The zero-order valence-corrected chi connectivity index (χ0v) is 17.7. The van der Waals surface area contributed by atoms with Crippen LogP contribution in [0.4, 0.5) is 10.2 Å². The van der Waals surface area contributed by atoms with Crippen molar-refractivity contribution in [1.82, 2.24) is 19.4 Å². The van der Waals surface area contributed by atoms with Crippen molar-refractivity contribution < 1.29 is 14.4 Å². The summed E-state index contributed by atoms with van der Waals surface area (Å²) in [5.41, 5.74) is 2.48. The van der Waals surface area contributed by atoms with E-state index in [4.69, 9.17) is 4.98 Å². The van der Waals surface area contributed by atoms with Gasteiger partial charge in [0.15, 0.2) is 0 Å². The first-order valence-electron chi connectivity index (χ1n) is 9.27. The van der Waals surface area contributed by atoms with Crippen LogP contribution in [0.15, 0.2) is 47.3 Å². The Labute approximate surface area is 180 Å². The molecule has 3 aromatic rings. The predicted molar refractivity (Wildman–Crippen MR) is 111 cm³/mol. The lowest BCUT2D eigenvalue weighted by Gasteiger charge is -2.28. The van der Waals surface area contributed by atoms with Gasteiger partial charge in [-0.1, -0.05) is 6.07 Å². The van der Waals surface area contributed by atoms with Gasteiger partial charge in [0.25, 0.3) is 4.73 Å². The average Bonchev–Trinajstić information content (AvgIpc) is 3.23. The Morgan fingerprint density at radius 2 is 1.93 bits per heavy atom. The van der Waals surface area contributed by atoms with Gasteiger partial charge in [-0.2, -0.15) is 0 Å². The second-order valence-corrected chi connectivity index (χ2v) is 8.41. The Morgan fingerprint density at radius 3 is 2.60 bits per heavy atom. The highest BCUT2D eigenvalue weighted by Gasteiger charge is 2.31. The minimum absolute atomic E-state index is 0.148. The summed E-state index contributed by atoms with van der Waals surface area (Å²) >= 11 is 3.20. The van der Waals surface area contributed by atoms with Gasteiger partial charge < -0.3 is 15.2 Å². The molecular weight excluding hydrogens is 457 g/mol. The number of hydrogen-bond donors (Lipinski definition) is 1. The summed E-state index contributed by atoms with van der Waals surface area (Å²) in [7, 11) is 0. The number of halogens is 2. The molecule has 1 atom stereocenters. The predicted octanol–water partition coefficient (Wildman–Crippen LogP) is 3.52. The first-order valence-corrected chi connectivity index (χ1v) is 10.1. The van der Waals surface area contributed by atoms with E-state index in [0.717, 1.165) is 22.5 Å². The monoisotopic (exact) mass is 475 g/mol. The van der Waals surface area contributed by atoms with Gasteiger partial charge in [-0.15, -0.1) is 0 Å². The second kappa shape index (κ2) is 7.86. The molecule has 0 aliphatic carbocycles. The highest BCUT2D eigenvalue weighted by molar-refractivity contribution is 9.10. The smallest absolute Gasteiger partial charge is 0.382 e. The van der Waals surface area contributed by atoms with E-state index >= 15 is 0 Å². The molecule has 2 aromatic heterocycles. The third kappa shape index (κ3) is 4.40. The van der Waals surface area contributed by atoms with Crippen LogP contribution < -0.4 is 0 Å². The number of imidazole rings is 1. The highest BCUT2D eigenvalue weighted by atomic mass is 79.9. The number of β-amino-alcohol motifs (C(OH)–C–C–N with tert-alkyl or cyclic N) is 1. The van der Waals surface area contributed by atoms with Crippen LogP contribution in [0, 0.1) is 15.9 Å². The maximum Gasteiger partial charge on any atom is 0.382 e. The minimum Gasteiger partial charge on any atom is -0.387 e. The van der Waals surface area contributed by atoms with Gasteiger partial charge in [0.1, 0.15) is 12.0 Å². The number of nitro groups is 1. The molecule has 10 heteroatoms. The quantitative estimate of drug-likeness (QED) is 0.432. The van der Waals surface area contributed by atoms with Crippen LogP contribution >= 0.6 is 15.9 Å². The summed E-state index contributed by atoms with van der Waals surface area (Å²) < 4.78 is 15.0. The molecule has 0 bridgehead atoms. The molecule has 1 aliphatic rings. The van der Waals surface area contributed by atoms with E-state index < -0.39 is 10.5 Å². The maximum atomic E-state index is 13.2. The molecular formula is C20H19BrFN5O3. The van der Waals surface area contributed by atoms with Crippen LogP contribution in [0.3, 0.4) is 0 Å². The van der Waals surface area contributed by atoms with E-state index in [9.17, 15) is 19.6 Å². The molecule has 1 aliphatic heterocycles. The molecule has 156 valence electrons. The number of rotatable bonds is 6. The van der Waals surface area contributed by atoms with Crippen molar-refractivity contribution in [2.75, 3.05) is 6.54 Å². The molecule has 4 rings (SSSR count). The molecule has 30 heavy (non-hydrogen) atoms. The molecule has 1 aromatic carbocycles. The summed E-state index contributed by atoms with van der Waals surface area (Å²) in [6, 6.07) is 10.1. The van der Waals surface area contributed by atoms with Gasteiger partial charge in [0.05, 0.1) is 23.5 Å². The standard InChI is InChI=1S/C20H19BrFN5O3/c1-20(28,12-26-10-18(27(29)30)24-19(26)21)11-25-8-14-4-7-16(23-17(14)9-25)13-2-5-15(22)6-3-13/h2-7,10,28H,8-9,11-12H2,1H3. The minimum atomic E-state index is -1.14. The summed E-state index contributed by atoms with van der Waals surface area (Å²) in [6.45, 7) is 3.41. The Kier molecular flexibility index (Phi) is 5.39. The largest absolute Gasteiger partial charge is 0.387 e. The van der Waals surface area contributed by atoms with Gasteiger partial charge in [-0.05, 0) is 52.7 Å². The van der Waals surface area contributed by atoms with Crippen molar-refractivity contribution in [1.29, 1.82) is 0 Å². The molecule has 0 fully saturated rings. The van der Waals surface area contributed by atoms with Crippen molar-refractivity contribution in [2.45, 2.75) is 32.2 Å². The number of benzene rings is 1. The summed E-state index contributed by atoms with van der Waals surface area (Å²) in [6.07, 6.45) is 1.30. The third-order valence-electron chi connectivity index (χ3n) is 4.95. The molecule has 0 amide bonds. The van der Waals surface area contributed by atoms with E-state index in [1.165, 1.54) is 22.9 Å². The van der Waals surface area contributed by atoms with Crippen LogP contribution in [0.2, 0.25) is 0 Å². The number of hydrogen-bond acceptors (Lipinski definition) is 6. The SMILES string of the molecule is CC(O)(CN1Cc2ccc(-c3ccc(F)cc3)nc2C1)Cn1cc([N+](=O)[O-])nc1Br. The third-order valence-corrected chi connectivity index (χ3v) is 5.59. The molecule has 0 spiro atoms. The van der Waals surface area contributed by atoms with Crippen LogP contribution in [-0.4, -0.2) is 41.6 Å². The Hall–Kier alpha value is -2.69. The maximum absolute atomic E-state index is 13.2. The van der Waals surface area contributed by atoms with Crippen LogP contribution in [0.5, 0.6) is 0 Å². The Morgan fingerprint density at radius 1 is 1.20 bits per heavy atom. The van der Waals surface area contributed by atoms with Crippen LogP contribution in [-0.2, 0) is 19.6 Å². The lowest BCUT2D eigenvalue weighted by molar-refractivity contribution is -0.389. The first kappa shape index (κ1) is 20.6. The zero-order chi connectivity index (χ0) is 21.5. The fourth-order valence-electron chi connectivity index (χ4n) is 3.69. The molecule has 0 saturated heterocycles. The van der Waals surface area contributed by atoms with Crippen LogP contribution in [0.1, 0.15) is 18.2 Å². The molecule has 1 N–H and O–H groups in total. The second-order valence-electron chi connectivity index (χ2n) is 7.70. The van der Waals surface area contributed by atoms with Crippen molar-refractivity contribution in [3.63, 3.8) is 0 Å². The van der Waals surface area contributed by atoms with E-state index in [1.807, 2.05) is 12.1 Å². The molecule has 1 unspecified atom stereocenters. The van der Waals surface area contributed by atoms with Crippen molar-refractivity contribution in [3.05, 3.63) is 74.5 Å². The molecule has 3 heterocycles. The zero-order valence-electron chi connectivity index (χ0n) is 16.1. The van der Waals surface area contributed by atoms with Crippen LogP contribution in [0.25, 0.3) is 11.3 Å². The molecule has 8 nitrogen and oxygen atoms in total. The number of pyridine rings is 1. The number of aliphatic hydroxyl groups is 1. The fourth-order valence-corrected chi connectivity index (χ4v) is 4.10. The number of fused-ring (bicyclic) bond motifs is 1. The van der Waals surface area contributed by atoms with Crippen molar-refractivity contribution in [2.24, 2.45) is 0 Å². The lowest BCUT2D eigenvalue weighted by atomic mass is 10.1. The van der Waals surface area contributed by atoms with Gasteiger partial charge in [0, 0.05) is 41.1 Å². The lowest BCUT2D eigenvalue weighted by Crippen LogP contribution is -2.41. The van der Waals surface area contributed by atoms with Gasteiger partial charge >= 0.3 is 5.82 Å². The van der Waals surface area contributed by atoms with E-state index in [0.29, 0.717) is 24.4 Å². The van der Waals surface area contributed by atoms with Crippen molar-refractivity contribution in [3.8, 4) is 11.3 Å². The normalized spacial score (nSPS) is 15.7. The van der Waals surface area contributed by atoms with E-state index in [-0.39, 0.29) is 18.2 Å². The number of aromatic nitrogens is 3. The Bertz CT molecular complexity index is 1100. The van der Waals surface area contributed by atoms with Crippen molar-refractivity contribution >= 4 is 21.7 Å². The summed E-state index contributed by atoms with van der Waals surface area (Å²) in [4.78, 5) is 20.9. The summed E-state index contributed by atoms with van der Waals surface area (Å²) in [5, 5.41) is 21.8. The summed E-state index contributed by atoms with van der Waals surface area (Å²) in [5.74, 6) is -0.563. The fraction of sp³-hybridized carbons (Fsp3) is 0.300. The molecule has 0 radical (unpaired) electrons. The first-order chi connectivity index (χ1) is 14.2.